The van der Waals surface area contributed by atoms with Crippen molar-refractivity contribution in [3.8, 4) is 0 Å². The molecule has 0 radical (unpaired) electrons. The smallest absolute Gasteiger partial charge is 0.323 e. The first-order valence-electron chi connectivity index (χ1n) is 5.50. The molecule has 5 heteroatoms. The van der Waals surface area contributed by atoms with Gasteiger partial charge in [0.25, 0.3) is 0 Å². The molecule has 0 aromatic rings. The fourth-order valence-corrected chi connectivity index (χ4v) is 2.12. The standard InChI is InChI=1S/C11H19NO4/c1-8(2)12-6-4-11(5-7-12,9(13)14)10(15)16-3/h8H,4-7H2,1-3H3,(H,13,14). The summed E-state index contributed by atoms with van der Waals surface area (Å²) in [7, 11) is 1.24. The lowest BCUT2D eigenvalue weighted by Crippen LogP contribution is -2.50. The summed E-state index contributed by atoms with van der Waals surface area (Å²) in [6, 6.07) is 0.379. The first-order chi connectivity index (χ1) is 7.44. The number of carboxylic acids is 1. The first kappa shape index (κ1) is 13.0. The lowest BCUT2D eigenvalue weighted by atomic mass is 9.78. The largest absolute Gasteiger partial charge is 0.480 e. The highest BCUT2D eigenvalue weighted by Gasteiger charge is 2.49. The Morgan fingerprint density at radius 1 is 1.31 bits per heavy atom. The van der Waals surface area contributed by atoms with Crippen LogP contribution in [-0.2, 0) is 14.3 Å². The number of nitrogens with zero attached hydrogens (tertiary/aromatic N) is 1. The molecule has 92 valence electrons. The molecule has 0 bridgehead atoms. The zero-order valence-electron chi connectivity index (χ0n) is 10.0. The molecule has 0 saturated carbocycles. The molecule has 1 heterocycles. The van der Waals surface area contributed by atoms with Crippen LogP contribution in [0.3, 0.4) is 0 Å². The van der Waals surface area contributed by atoms with Crippen LogP contribution in [0.2, 0.25) is 0 Å². The number of carboxylic acid groups (broad SMARTS) is 1. The maximum Gasteiger partial charge on any atom is 0.323 e. The highest BCUT2D eigenvalue weighted by atomic mass is 16.5. The van der Waals surface area contributed by atoms with Gasteiger partial charge in [0.2, 0.25) is 0 Å². The number of hydrogen-bond donors (Lipinski definition) is 1. The summed E-state index contributed by atoms with van der Waals surface area (Å²) in [6.07, 6.45) is 0.653. The van der Waals surface area contributed by atoms with E-state index >= 15 is 0 Å². The minimum Gasteiger partial charge on any atom is -0.480 e. The van der Waals surface area contributed by atoms with Gasteiger partial charge in [-0.1, -0.05) is 0 Å². The molecule has 0 aliphatic carbocycles. The van der Waals surface area contributed by atoms with E-state index in [0.29, 0.717) is 32.0 Å². The molecular weight excluding hydrogens is 210 g/mol. The van der Waals surface area contributed by atoms with Gasteiger partial charge < -0.3 is 14.7 Å². The number of rotatable bonds is 3. The van der Waals surface area contributed by atoms with Crippen molar-refractivity contribution in [2.45, 2.75) is 32.7 Å². The van der Waals surface area contributed by atoms with Crippen LogP contribution in [0.15, 0.2) is 0 Å². The van der Waals surface area contributed by atoms with Gasteiger partial charge in [-0.3, -0.25) is 9.59 Å². The number of aliphatic carboxylic acids is 1. The van der Waals surface area contributed by atoms with E-state index in [0.717, 1.165) is 0 Å². The lowest BCUT2D eigenvalue weighted by molar-refractivity contribution is -0.171. The Morgan fingerprint density at radius 2 is 1.81 bits per heavy atom. The van der Waals surface area contributed by atoms with Crippen molar-refractivity contribution in [3.63, 3.8) is 0 Å². The van der Waals surface area contributed by atoms with Crippen LogP contribution in [0.25, 0.3) is 0 Å². The van der Waals surface area contributed by atoms with Gasteiger partial charge in [0.15, 0.2) is 5.41 Å². The van der Waals surface area contributed by atoms with Gasteiger partial charge in [0, 0.05) is 19.1 Å². The SMILES string of the molecule is COC(=O)C1(C(=O)O)CCN(C(C)C)CC1. The van der Waals surface area contributed by atoms with Gasteiger partial charge in [-0.25, -0.2) is 0 Å². The molecule has 0 amide bonds. The third-order valence-corrected chi connectivity index (χ3v) is 3.37. The lowest BCUT2D eigenvalue weighted by Gasteiger charge is -2.38. The molecule has 1 aliphatic rings. The van der Waals surface area contributed by atoms with Crippen molar-refractivity contribution in [1.29, 1.82) is 0 Å². The Kier molecular flexibility index (Phi) is 3.91. The highest BCUT2D eigenvalue weighted by molar-refractivity contribution is 5.99. The molecule has 0 spiro atoms. The van der Waals surface area contributed by atoms with E-state index in [9.17, 15) is 14.7 Å². The van der Waals surface area contributed by atoms with Crippen molar-refractivity contribution in [3.05, 3.63) is 0 Å². The molecule has 1 fully saturated rings. The molecule has 0 atom stereocenters. The second-order valence-corrected chi connectivity index (χ2v) is 4.51. The number of esters is 1. The van der Waals surface area contributed by atoms with Crippen LogP contribution in [0, 0.1) is 5.41 Å². The minimum atomic E-state index is -1.33. The molecule has 0 unspecified atom stereocenters. The second-order valence-electron chi connectivity index (χ2n) is 4.51. The summed E-state index contributed by atoms with van der Waals surface area (Å²) in [5.74, 6) is -1.69. The summed E-state index contributed by atoms with van der Waals surface area (Å²) in [4.78, 5) is 25.0. The number of likely N-dealkylation sites (tertiary alicyclic amines) is 1. The molecular formula is C11H19NO4. The van der Waals surface area contributed by atoms with Gasteiger partial charge in [-0.15, -0.1) is 0 Å². The number of carbonyl (C=O) groups excluding carboxylic acids is 1. The number of ether oxygens (including phenoxy) is 1. The summed E-state index contributed by atoms with van der Waals surface area (Å²) in [5.41, 5.74) is -1.33. The second kappa shape index (κ2) is 4.82. The van der Waals surface area contributed by atoms with E-state index in [-0.39, 0.29) is 0 Å². The number of methoxy groups -OCH3 is 1. The predicted molar refractivity (Wildman–Crippen MR) is 58.0 cm³/mol. The fourth-order valence-electron chi connectivity index (χ4n) is 2.12. The van der Waals surface area contributed by atoms with Crippen LogP contribution in [-0.4, -0.2) is 48.2 Å². The predicted octanol–water partition coefficient (Wildman–Crippen LogP) is 0.735. The quantitative estimate of drug-likeness (QED) is 0.571. The van der Waals surface area contributed by atoms with Crippen molar-refractivity contribution in [2.24, 2.45) is 5.41 Å². The van der Waals surface area contributed by atoms with E-state index in [1.165, 1.54) is 7.11 Å². The Labute approximate surface area is 95.4 Å². The van der Waals surface area contributed by atoms with Crippen LogP contribution in [0.5, 0.6) is 0 Å². The van der Waals surface area contributed by atoms with Crippen LogP contribution in [0.4, 0.5) is 0 Å². The van der Waals surface area contributed by atoms with Gasteiger partial charge >= 0.3 is 11.9 Å². The third kappa shape index (κ3) is 2.19. The van der Waals surface area contributed by atoms with E-state index in [1.54, 1.807) is 0 Å². The molecule has 1 saturated heterocycles. The van der Waals surface area contributed by atoms with Crippen molar-refractivity contribution >= 4 is 11.9 Å². The van der Waals surface area contributed by atoms with Gasteiger partial charge in [0.05, 0.1) is 7.11 Å². The molecule has 0 aromatic heterocycles. The molecule has 5 nitrogen and oxygen atoms in total. The minimum absolute atomic E-state index is 0.327. The zero-order valence-corrected chi connectivity index (χ0v) is 10.0. The van der Waals surface area contributed by atoms with Crippen molar-refractivity contribution < 1.29 is 19.4 Å². The maximum absolute atomic E-state index is 11.6. The zero-order chi connectivity index (χ0) is 12.3. The van der Waals surface area contributed by atoms with E-state index in [1.807, 2.05) is 0 Å². The topological polar surface area (TPSA) is 66.8 Å². The van der Waals surface area contributed by atoms with Crippen LogP contribution >= 0.6 is 0 Å². The van der Waals surface area contributed by atoms with Crippen molar-refractivity contribution in [1.82, 2.24) is 4.90 Å². The number of carbonyl (C=O) groups is 2. The van der Waals surface area contributed by atoms with E-state index in [2.05, 4.69) is 23.5 Å². The Hall–Kier alpha value is -1.10. The molecule has 16 heavy (non-hydrogen) atoms. The first-order valence-corrected chi connectivity index (χ1v) is 5.50. The van der Waals surface area contributed by atoms with Gasteiger partial charge in [0.1, 0.15) is 0 Å². The van der Waals surface area contributed by atoms with Crippen LogP contribution in [0.1, 0.15) is 26.7 Å². The third-order valence-electron chi connectivity index (χ3n) is 3.37. The fraction of sp³-hybridized carbons (Fsp3) is 0.818. The van der Waals surface area contributed by atoms with Gasteiger partial charge in [-0.2, -0.15) is 0 Å². The average molecular weight is 229 g/mol. The normalized spacial score (nSPS) is 20.8. The summed E-state index contributed by atoms with van der Waals surface area (Å²) >= 11 is 0. The van der Waals surface area contributed by atoms with Crippen LogP contribution < -0.4 is 0 Å². The Bertz CT molecular complexity index is 280. The number of piperidine rings is 1. The molecule has 1 aliphatic heterocycles. The molecule has 1 N–H and O–H groups in total. The summed E-state index contributed by atoms with van der Waals surface area (Å²) in [5, 5.41) is 9.20. The van der Waals surface area contributed by atoms with Crippen molar-refractivity contribution in [2.75, 3.05) is 20.2 Å². The average Bonchev–Trinajstić information content (AvgIpc) is 2.27. The summed E-state index contributed by atoms with van der Waals surface area (Å²) in [6.45, 7) is 5.37. The monoisotopic (exact) mass is 229 g/mol. The summed E-state index contributed by atoms with van der Waals surface area (Å²) < 4.78 is 4.61. The maximum atomic E-state index is 11.6. The highest BCUT2D eigenvalue weighted by Crippen LogP contribution is 2.33. The van der Waals surface area contributed by atoms with E-state index in [4.69, 9.17) is 0 Å². The molecule has 0 aromatic carbocycles. The van der Waals surface area contributed by atoms with Gasteiger partial charge in [-0.05, 0) is 26.7 Å². The van der Waals surface area contributed by atoms with E-state index < -0.39 is 17.4 Å². The molecule has 1 rings (SSSR count). The Morgan fingerprint density at radius 3 is 2.12 bits per heavy atom. The Balaban J connectivity index is 2.78. The number of hydrogen-bond acceptors (Lipinski definition) is 4.